The molecule has 0 amide bonds. The van der Waals surface area contributed by atoms with Crippen molar-refractivity contribution < 1.29 is 0 Å². The van der Waals surface area contributed by atoms with E-state index in [4.69, 9.17) is 0 Å². The smallest absolute Gasteiger partial charge is 0.179 e. The van der Waals surface area contributed by atoms with E-state index in [9.17, 15) is 0 Å². The van der Waals surface area contributed by atoms with Crippen LogP contribution in [0, 0.1) is 0 Å². The topological polar surface area (TPSA) is 55.1 Å². The van der Waals surface area contributed by atoms with E-state index < -0.39 is 0 Å². The fourth-order valence-corrected chi connectivity index (χ4v) is 1.52. The summed E-state index contributed by atoms with van der Waals surface area (Å²) in [5.74, 6) is 1.55. The number of nitrogens with zero attached hydrogens (tertiary/aromatic N) is 4. The van der Waals surface area contributed by atoms with Gasteiger partial charge in [-0.1, -0.05) is 0 Å². The van der Waals surface area contributed by atoms with Gasteiger partial charge in [-0.2, -0.15) is 0 Å². The molecule has 0 radical (unpaired) electrons. The first-order valence-electron chi connectivity index (χ1n) is 4.30. The molecule has 5 heteroatoms. The van der Waals surface area contributed by atoms with E-state index in [0.717, 1.165) is 24.6 Å². The molecular weight excluding hydrogens is 166 g/mol. The lowest BCUT2D eigenvalue weighted by Gasteiger charge is -2.25. The Morgan fingerprint density at radius 1 is 1.38 bits per heavy atom. The van der Waals surface area contributed by atoms with Crippen molar-refractivity contribution in [2.24, 2.45) is 0 Å². The molecule has 2 aromatic heterocycles. The van der Waals surface area contributed by atoms with Crippen LogP contribution in [0.5, 0.6) is 0 Å². The van der Waals surface area contributed by atoms with Gasteiger partial charge in [0.2, 0.25) is 0 Å². The summed E-state index contributed by atoms with van der Waals surface area (Å²) >= 11 is 0. The van der Waals surface area contributed by atoms with Crippen LogP contribution in [0.3, 0.4) is 0 Å². The van der Waals surface area contributed by atoms with Crippen LogP contribution < -0.4 is 5.32 Å². The first-order chi connectivity index (χ1) is 6.45. The molecule has 0 aliphatic carbocycles. The Bertz CT molecular complexity index is 431. The molecule has 3 heterocycles. The Labute approximate surface area is 74.8 Å². The summed E-state index contributed by atoms with van der Waals surface area (Å²) in [6, 6.07) is 0. The highest BCUT2D eigenvalue weighted by Gasteiger charge is 2.23. The fourth-order valence-electron chi connectivity index (χ4n) is 1.52. The monoisotopic (exact) mass is 175 g/mol. The maximum absolute atomic E-state index is 4.15. The second kappa shape index (κ2) is 2.50. The van der Waals surface area contributed by atoms with Crippen molar-refractivity contribution >= 4 is 5.65 Å². The molecule has 1 fully saturated rings. The third kappa shape index (κ3) is 0.936. The molecule has 3 rings (SSSR count). The summed E-state index contributed by atoms with van der Waals surface area (Å²) in [6.45, 7) is 2.01. The predicted molar refractivity (Wildman–Crippen MR) is 46.4 cm³/mol. The first kappa shape index (κ1) is 6.97. The maximum atomic E-state index is 4.15. The Morgan fingerprint density at radius 2 is 2.31 bits per heavy atom. The van der Waals surface area contributed by atoms with Crippen molar-refractivity contribution in [2.75, 3.05) is 13.1 Å². The Hall–Kier alpha value is -1.49. The van der Waals surface area contributed by atoms with Crippen molar-refractivity contribution in [3.8, 4) is 0 Å². The molecule has 0 spiro atoms. The summed E-state index contributed by atoms with van der Waals surface area (Å²) in [6.07, 6.45) is 5.39. The molecule has 1 saturated heterocycles. The van der Waals surface area contributed by atoms with Crippen LogP contribution in [0.25, 0.3) is 5.65 Å². The molecule has 0 aromatic carbocycles. The molecular formula is C8H9N5. The van der Waals surface area contributed by atoms with Crippen molar-refractivity contribution in [3.05, 3.63) is 24.4 Å². The second-order valence-corrected chi connectivity index (χ2v) is 3.22. The summed E-state index contributed by atoms with van der Waals surface area (Å²) in [5.41, 5.74) is 0.824. The van der Waals surface area contributed by atoms with Gasteiger partial charge in [0.1, 0.15) is 5.82 Å². The molecule has 66 valence electrons. The van der Waals surface area contributed by atoms with E-state index in [2.05, 4.69) is 20.5 Å². The van der Waals surface area contributed by atoms with Crippen LogP contribution in [0.15, 0.2) is 18.6 Å². The molecule has 0 saturated carbocycles. The zero-order valence-corrected chi connectivity index (χ0v) is 7.01. The predicted octanol–water partition coefficient (Wildman–Crippen LogP) is -0.189. The summed E-state index contributed by atoms with van der Waals surface area (Å²) in [7, 11) is 0. The van der Waals surface area contributed by atoms with Gasteiger partial charge in [-0.3, -0.25) is 9.38 Å². The van der Waals surface area contributed by atoms with Gasteiger partial charge >= 0.3 is 0 Å². The number of hydrogen-bond donors (Lipinski definition) is 1. The Morgan fingerprint density at radius 3 is 3.08 bits per heavy atom. The SMILES string of the molecule is c1cn2c(C3CNC3)nnc2cn1. The van der Waals surface area contributed by atoms with Crippen molar-refractivity contribution in [2.45, 2.75) is 5.92 Å². The van der Waals surface area contributed by atoms with Crippen LogP contribution in [-0.2, 0) is 0 Å². The van der Waals surface area contributed by atoms with E-state index in [-0.39, 0.29) is 0 Å². The minimum absolute atomic E-state index is 0.511. The van der Waals surface area contributed by atoms with Gasteiger partial charge < -0.3 is 5.32 Å². The first-order valence-corrected chi connectivity index (χ1v) is 4.30. The quantitative estimate of drug-likeness (QED) is 0.652. The van der Waals surface area contributed by atoms with Gasteiger partial charge in [0.25, 0.3) is 0 Å². The average molecular weight is 175 g/mol. The summed E-state index contributed by atoms with van der Waals surface area (Å²) < 4.78 is 2.00. The minimum atomic E-state index is 0.511. The summed E-state index contributed by atoms with van der Waals surface area (Å²) in [4.78, 5) is 3.99. The highest BCUT2D eigenvalue weighted by molar-refractivity contribution is 5.34. The van der Waals surface area contributed by atoms with E-state index >= 15 is 0 Å². The van der Waals surface area contributed by atoms with Gasteiger partial charge in [-0.05, 0) is 0 Å². The lowest BCUT2D eigenvalue weighted by Crippen LogP contribution is -2.40. The number of nitrogens with one attached hydrogen (secondary N) is 1. The van der Waals surface area contributed by atoms with E-state index in [1.165, 1.54) is 0 Å². The molecule has 0 atom stereocenters. The maximum Gasteiger partial charge on any atom is 0.179 e. The van der Waals surface area contributed by atoms with E-state index in [1.54, 1.807) is 12.4 Å². The normalized spacial score (nSPS) is 17.5. The number of hydrogen-bond acceptors (Lipinski definition) is 4. The third-order valence-electron chi connectivity index (χ3n) is 2.39. The molecule has 5 nitrogen and oxygen atoms in total. The lowest BCUT2D eigenvalue weighted by molar-refractivity contribution is 0.427. The van der Waals surface area contributed by atoms with E-state index in [1.807, 2.05) is 10.6 Å². The van der Waals surface area contributed by atoms with Gasteiger partial charge in [0, 0.05) is 31.4 Å². The zero-order chi connectivity index (χ0) is 8.67. The van der Waals surface area contributed by atoms with Crippen LogP contribution in [-0.4, -0.2) is 32.7 Å². The fraction of sp³-hybridized carbons (Fsp3) is 0.375. The second-order valence-electron chi connectivity index (χ2n) is 3.22. The number of fused-ring (bicyclic) bond motifs is 1. The van der Waals surface area contributed by atoms with Crippen molar-refractivity contribution in [1.82, 2.24) is 24.9 Å². The van der Waals surface area contributed by atoms with Crippen LogP contribution in [0.4, 0.5) is 0 Å². The highest BCUT2D eigenvalue weighted by atomic mass is 15.3. The Kier molecular flexibility index (Phi) is 1.34. The van der Waals surface area contributed by atoms with Crippen molar-refractivity contribution in [3.63, 3.8) is 0 Å². The molecule has 13 heavy (non-hydrogen) atoms. The summed E-state index contributed by atoms with van der Waals surface area (Å²) in [5, 5.41) is 11.4. The average Bonchev–Trinajstić information content (AvgIpc) is 2.47. The van der Waals surface area contributed by atoms with Gasteiger partial charge in [-0.15, -0.1) is 10.2 Å². The highest BCUT2D eigenvalue weighted by Crippen LogP contribution is 2.17. The van der Waals surface area contributed by atoms with E-state index in [0.29, 0.717) is 5.92 Å². The molecule has 1 aliphatic heterocycles. The number of aromatic nitrogens is 4. The lowest BCUT2D eigenvalue weighted by atomic mass is 10.0. The zero-order valence-electron chi connectivity index (χ0n) is 7.01. The third-order valence-corrected chi connectivity index (χ3v) is 2.39. The van der Waals surface area contributed by atoms with Crippen LogP contribution in [0.1, 0.15) is 11.7 Å². The minimum Gasteiger partial charge on any atom is -0.315 e. The molecule has 0 bridgehead atoms. The number of rotatable bonds is 1. The standard InChI is InChI=1S/C8H9N5/c1-2-13-7(5-9-1)11-12-8(13)6-3-10-4-6/h1-2,5-6,10H,3-4H2. The van der Waals surface area contributed by atoms with Crippen molar-refractivity contribution in [1.29, 1.82) is 0 Å². The molecule has 1 N–H and O–H groups in total. The van der Waals surface area contributed by atoms with Crippen LogP contribution in [0.2, 0.25) is 0 Å². The largest absolute Gasteiger partial charge is 0.315 e. The van der Waals surface area contributed by atoms with Gasteiger partial charge in [0.05, 0.1) is 6.20 Å². The Balaban J connectivity index is 2.17. The molecule has 2 aromatic rings. The molecule has 1 aliphatic rings. The van der Waals surface area contributed by atoms with Gasteiger partial charge in [0.15, 0.2) is 5.65 Å². The van der Waals surface area contributed by atoms with Crippen LogP contribution >= 0.6 is 0 Å². The molecule has 0 unspecified atom stereocenters. The van der Waals surface area contributed by atoms with Gasteiger partial charge in [-0.25, -0.2) is 0 Å².